The van der Waals surface area contributed by atoms with E-state index >= 15 is 0 Å². The number of nitrogens with one attached hydrogen (secondary N) is 1. The summed E-state index contributed by atoms with van der Waals surface area (Å²) in [5, 5.41) is 12.2. The topological polar surface area (TPSA) is 35.8 Å². The number of rotatable bonds is 6. The van der Waals surface area contributed by atoms with Crippen molar-refractivity contribution in [3.05, 3.63) is 29.3 Å². The van der Waals surface area contributed by atoms with Crippen molar-refractivity contribution < 1.29 is 0 Å². The van der Waals surface area contributed by atoms with Gasteiger partial charge in [0, 0.05) is 12.2 Å². The molecular formula is C13H18N2S. The Bertz CT molecular complexity index is 369. The summed E-state index contributed by atoms with van der Waals surface area (Å²) in [5.74, 6) is 2.38. The number of hydrogen-bond donors (Lipinski definition) is 1. The molecule has 0 saturated carbocycles. The first-order chi connectivity index (χ1) is 7.77. The molecule has 0 unspecified atom stereocenters. The summed E-state index contributed by atoms with van der Waals surface area (Å²) in [4.78, 5) is 0. The van der Waals surface area contributed by atoms with Gasteiger partial charge in [-0.1, -0.05) is 13.0 Å². The largest absolute Gasteiger partial charge is 0.385 e. The van der Waals surface area contributed by atoms with Gasteiger partial charge in [-0.2, -0.15) is 17.0 Å². The van der Waals surface area contributed by atoms with E-state index in [1.807, 2.05) is 30.0 Å². The normalized spacial score (nSPS) is 9.81. The van der Waals surface area contributed by atoms with Gasteiger partial charge >= 0.3 is 0 Å². The molecule has 16 heavy (non-hydrogen) atoms. The first-order valence-corrected chi connectivity index (χ1v) is 6.75. The van der Waals surface area contributed by atoms with Gasteiger partial charge in [-0.25, -0.2) is 0 Å². The van der Waals surface area contributed by atoms with Crippen molar-refractivity contribution in [3.63, 3.8) is 0 Å². The Morgan fingerprint density at radius 1 is 1.44 bits per heavy atom. The van der Waals surface area contributed by atoms with Gasteiger partial charge < -0.3 is 5.32 Å². The average molecular weight is 234 g/mol. The molecule has 0 heterocycles. The maximum absolute atomic E-state index is 8.81. The molecule has 0 aliphatic heterocycles. The number of aryl methyl sites for hydroxylation is 1. The van der Waals surface area contributed by atoms with E-state index in [1.165, 1.54) is 17.1 Å². The summed E-state index contributed by atoms with van der Waals surface area (Å²) in [7, 11) is 0. The monoisotopic (exact) mass is 234 g/mol. The van der Waals surface area contributed by atoms with Gasteiger partial charge in [-0.3, -0.25) is 0 Å². The predicted octanol–water partition coefficient (Wildman–Crippen LogP) is 3.42. The highest BCUT2D eigenvalue weighted by Gasteiger charge is 1.99. The number of nitriles is 1. The molecule has 0 bridgehead atoms. The molecule has 0 radical (unpaired) electrons. The van der Waals surface area contributed by atoms with Crippen molar-refractivity contribution in [1.82, 2.24) is 0 Å². The summed E-state index contributed by atoms with van der Waals surface area (Å²) < 4.78 is 0. The molecule has 0 amide bonds. The van der Waals surface area contributed by atoms with E-state index in [-0.39, 0.29) is 0 Å². The lowest BCUT2D eigenvalue weighted by Crippen LogP contribution is -2.04. The van der Waals surface area contributed by atoms with Gasteiger partial charge in [-0.15, -0.1) is 0 Å². The molecule has 0 aromatic heterocycles. The van der Waals surface area contributed by atoms with Crippen LogP contribution in [-0.2, 0) is 0 Å². The van der Waals surface area contributed by atoms with Crippen LogP contribution in [-0.4, -0.2) is 18.1 Å². The molecule has 1 aromatic carbocycles. The average Bonchev–Trinajstić information content (AvgIpc) is 2.31. The molecule has 0 fully saturated rings. The Labute approximate surface area is 102 Å². The van der Waals surface area contributed by atoms with Crippen LogP contribution < -0.4 is 5.32 Å². The molecule has 1 aromatic rings. The first kappa shape index (κ1) is 12.9. The summed E-state index contributed by atoms with van der Waals surface area (Å²) >= 11 is 1.96. The van der Waals surface area contributed by atoms with Crippen molar-refractivity contribution in [1.29, 1.82) is 5.26 Å². The second-order valence-corrected chi connectivity index (χ2v) is 5.01. The highest BCUT2D eigenvalue weighted by molar-refractivity contribution is 7.99. The standard InChI is InChI=1S/C13H18N2S/c1-3-16-8-4-7-15-13-9-12(10-14)6-5-11(13)2/h5-6,9,15H,3-4,7-8H2,1-2H3. The Kier molecular flexibility index (Phi) is 5.81. The van der Waals surface area contributed by atoms with Gasteiger partial charge in [0.2, 0.25) is 0 Å². The lowest BCUT2D eigenvalue weighted by Gasteiger charge is -2.09. The minimum atomic E-state index is 0.719. The van der Waals surface area contributed by atoms with Crippen molar-refractivity contribution >= 4 is 17.4 Å². The van der Waals surface area contributed by atoms with Crippen molar-refractivity contribution in [2.75, 3.05) is 23.4 Å². The van der Waals surface area contributed by atoms with Gasteiger partial charge in [-0.05, 0) is 42.5 Å². The third-order valence-corrected chi connectivity index (χ3v) is 3.34. The number of thioether (sulfide) groups is 1. The molecule has 0 atom stereocenters. The molecule has 0 saturated heterocycles. The minimum absolute atomic E-state index is 0.719. The van der Waals surface area contributed by atoms with Gasteiger partial charge in [0.05, 0.1) is 11.6 Å². The van der Waals surface area contributed by atoms with Crippen molar-refractivity contribution in [3.8, 4) is 6.07 Å². The number of nitrogens with zero attached hydrogens (tertiary/aromatic N) is 1. The summed E-state index contributed by atoms with van der Waals surface area (Å²) in [6, 6.07) is 7.92. The number of anilines is 1. The smallest absolute Gasteiger partial charge is 0.0992 e. The fraction of sp³-hybridized carbons (Fsp3) is 0.462. The van der Waals surface area contributed by atoms with E-state index in [2.05, 4.69) is 25.2 Å². The van der Waals surface area contributed by atoms with E-state index in [0.29, 0.717) is 0 Å². The summed E-state index contributed by atoms with van der Waals surface area (Å²) in [5.41, 5.74) is 3.00. The maximum Gasteiger partial charge on any atom is 0.0992 e. The second kappa shape index (κ2) is 7.19. The van der Waals surface area contributed by atoms with E-state index in [4.69, 9.17) is 5.26 Å². The van der Waals surface area contributed by atoms with E-state index in [1.54, 1.807) is 0 Å². The van der Waals surface area contributed by atoms with Crippen LogP contribution in [0.3, 0.4) is 0 Å². The van der Waals surface area contributed by atoms with E-state index in [9.17, 15) is 0 Å². The Balaban J connectivity index is 2.44. The lowest BCUT2D eigenvalue weighted by atomic mass is 10.1. The molecule has 0 aliphatic carbocycles. The zero-order chi connectivity index (χ0) is 11.8. The number of benzene rings is 1. The van der Waals surface area contributed by atoms with Gasteiger partial charge in [0.15, 0.2) is 0 Å². The fourth-order valence-electron chi connectivity index (χ4n) is 1.42. The summed E-state index contributed by atoms with van der Waals surface area (Å²) in [6.07, 6.45) is 1.16. The second-order valence-electron chi connectivity index (χ2n) is 3.62. The van der Waals surface area contributed by atoms with Gasteiger partial charge in [0.1, 0.15) is 0 Å². The molecule has 0 spiro atoms. The van der Waals surface area contributed by atoms with E-state index in [0.717, 1.165) is 24.2 Å². The van der Waals surface area contributed by atoms with Crippen LogP contribution in [0, 0.1) is 18.3 Å². The Morgan fingerprint density at radius 3 is 2.94 bits per heavy atom. The SMILES string of the molecule is CCSCCCNc1cc(C#N)ccc1C. The van der Waals surface area contributed by atoms with Gasteiger partial charge in [0.25, 0.3) is 0 Å². The molecule has 0 aliphatic rings. The maximum atomic E-state index is 8.81. The van der Waals surface area contributed by atoms with Crippen molar-refractivity contribution in [2.24, 2.45) is 0 Å². The molecule has 1 N–H and O–H groups in total. The molecule has 1 rings (SSSR count). The third kappa shape index (κ3) is 4.16. The predicted molar refractivity (Wildman–Crippen MR) is 72.0 cm³/mol. The van der Waals surface area contributed by atoms with Crippen LogP contribution in [0.4, 0.5) is 5.69 Å². The van der Waals surface area contributed by atoms with Crippen LogP contribution in [0.1, 0.15) is 24.5 Å². The van der Waals surface area contributed by atoms with E-state index < -0.39 is 0 Å². The Morgan fingerprint density at radius 2 is 2.25 bits per heavy atom. The quantitative estimate of drug-likeness (QED) is 0.766. The molecule has 86 valence electrons. The third-order valence-electron chi connectivity index (χ3n) is 2.35. The summed E-state index contributed by atoms with van der Waals surface area (Å²) in [6.45, 7) is 5.21. The zero-order valence-corrected chi connectivity index (χ0v) is 10.7. The molecule has 3 heteroatoms. The van der Waals surface area contributed by atoms with Crippen LogP contribution in [0.25, 0.3) is 0 Å². The van der Waals surface area contributed by atoms with Crippen molar-refractivity contribution in [2.45, 2.75) is 20.3 Å². The fourth-order valence-corrected chi connectivity index (χ4v) is 2.06. The highest BCUT2D eigenvalue weighted by atomic mass is 32.2. The zero-order valence-electron chi connectivity index (χ0n) is 9.92. The van der Waals surface area contributed by atoms with Crippen LogP contribution in [0.5, 0.6) is 0 Å². The van der Waals surface area contributed by atoms with Crippen LogP contribution in [0.2, 0.25) is 0 Å². The first-order valence-electron chi connectivity index (χ1n) is 5.60. The lowest BCUT2D eigenvalue weighted by molar-refractivity contribution is 0.989. The highest BCUT2D eigenvalue weighted by Crippen LogP contribution is 2.16. The number of hydrogen-bond acceptors (Lipinski definition) is 3. The molecule has 2 nitrogen and oxygen atoms in total. The van der Waals surface area contributed by atoms with Crippen LogP contribution in [0.15, 0.2) is 18.2 Å². The minimum Gasteiger partial charge on any atom is -0.385 e. The van der Waals surface area contributed by atoms with Crippen LogP contribution >= 0.6 is 11.8 Å². The molecular weight excluding hydrogens is 216 g/mol. The Hall–Kier alpha value is -1.14.